The minimum Gasteiger partial charge on any atom is -0.368 e. The number of aryl methyl sites for hydroxylation is 3. The molecule has 0 saturated heterocycles. The zero-order valence-corrected chi connectivity index (χ0v) is 17.6. The molecular weight excluding hydrogens is 395 g/mol. The van der Waals surface area contributed by atoms with Gasteiger partial charge in [0.15, 0.2) is 5.65 Å². The first-order chi connectivity index (χ1) is 14.9. The predicted octanol–water partition coefficient (Wildman–Crippen LogP) is 3.72. The highest BCUT2D eigenvalue weighted by atomic mass is 19.1. The van der Waals surface area contributed by atoms with Crippen LogP contribution in [0.25, 0.3) is 16.7 Å². The molecule has 8 heteroatoms. The molecule has 0 bridgehead atoms. The van der Waals surface area contributed by atoms with Crippen LogP contribution in [0.3, 0.4) is 0 Å². The van der Waals surface area contributed by atoms with Gasteiger partial charge in [-0.15, -0.1) is 0 Å². The summed E-state index contributed by atoms with van der Waals surface area (Å²) in [4.78, 5) is 21.2. The Morgan fingerprint density at radius 3 is 2.65 bits per heavy atom. The number of amides is 1. The molecule has 2 N–H and O–H groups in total. The standard InChI is InChI=1S/C23H23FN6O/c1-14-8-9-20(15(2)12-14)30-22-18(13-27-30)21(28-16(3)29-22)25-10-11-26-23(31)17-6-4-5-7-19(17)24/h4-9,12-13H,10-11H2,1-3H3,(H,26,31)(H,25,28,29). The summed E-state index contributed by atoms with van der Waals surface area (Å²) in [5.74, 6) is 0.252. The van der Waals surface area contributed by atoms with Crippen LogP contribution in [-0.4, -0.2) is 38.7 Å². The lowest BCUT2D eigenvalue weighted by Crippen LogP contribution is -2.29. The van der Waals surface area contributed by atoms with E-state index < -0.39 is 11.7 Å². The second kappa shape index (κ2) is 8.51. The van der Waals surface area contributed by atoms with Crippen molar-refractivity contribution in [2.75, 3.05) is 18.4 Å². The third-order valence-corrected chi connectivity index (χ3v) is 4.94. The monoisotopic (exact) mass is 418 g/mol. The van der Waals surface area contributed by atoms with Gasteiger partial charge >= 0.3 is 0 Å². The summed E-state index contributed by atoms with van der Waals surface area (Å²) in [6.45, 7) is 6.64. The van der Waals surface area contributed by atoms with E-state index in [1.807, 2.05) is 30.7 Å². The lowest BCUT2D eigenvalue weighted by molar-refractivity contribution is 0.0951. The van der Waals surface area contributed by atoms with Crippen molar-refractivity contribution in [1.82, 2.24) is 25.1 Å². The van der Waals surface area contributed by atoms with Gasteiger partial charge in [0.25, 0.3) is 5.91 Å². The van der Waals surface area contributed by atoms with Crippen molar-refractivity contribution in [2.45, 2.75) is 20.8 Å². The first kappa shape index (κ1) is 20.5. The zero-order valence-electron chi connectivity index (χ0n) is 17.6. The third kappa shape index (κ3) is 4.23. The number of carbonyl (C=O) groups is 1. The fourth-order valence-electron chi connectivity index (χ4n) is 3.47. The first-order valence-electron chi connectivity index (χ1n) is 10.0. The van der Waals surface area contributed by atoms with E-state index in [0.717, 1.165) is 16.6 Å². The minimum absolute atomic E-state index is 0.0255. The number of hydrogen-bond acceptors (Lipinski definition) is 5. The van der Waals surface area contributed by atoms with E-state index in [4.69, 9.17) is 0 Å². The van der Waals surface area contributed by atoms with Crippen LogP contribution in [0, 0.1) is 26.6 Å². The highest BCUT2D eigenvalue weighted by Crippen LogP contribution is 2.24. The molecule has 2 aromatic carbocycles. The smallest absolute Gasteiger partial charge is 0.254 e. The van der Waals surface area contributed by atoms with Crippen molar-refractivity contribution >= 4 is 22.8 Å². The van der Waals surface area contributed by atoms with Gasteiger partial charge < -0.3 is 10.6 Å². The number of carbonyl (C=O) groups excluding carboxylic acids is 1. The van der Waals surface area contributed by atoms with Gasteiger partial charge in [-0.25, -0.2) is 19.0 Å². The Balaban J connectivity index is 1.50. The summed E-state index contributed by atoms with van der Waals surface area (Å²) in [6.07, 6.45) is 1.73. The van der Waals surface area contributed by atoms with E-state index in [1.165, 1.54) is 17.7 Å². The number of rotatable bonds is 6. The first-order valence-corrected chi connectivity index (χ1v) is 10.0. The van der Waals surface area contributed by atoms with Crippen molar-refractivity contribution in [2.24, 2.45) is 0 Å². The number of hydrogen-bond donors (Lipinski definition) is 2. The molecule has 0 radical (unpaired) electrons. The summed E-state index contributed by atoms with van der Waals surface area (Å²) < 4.78 is 15.5. The number of nitrogens with one attached hydrogen (secondary N) is 2. The average molecular weight is 418 g/mol. The molecule has 0 atom stereocenters. The van der Waals surface area contributed by atoms with Gasteiger partial charge in [0, 0.05) is 13.1 Å². The van der Waals surface area contributed by atoms with Gasteiger partial charge in [0.1, 0.15) is 17.5 Å². The summed E-state index contributed by atoms with van der Waals surface area (Å²) in [5.41, 5.74) is 3.98. The Morgan fingerprint density at radius 1 is 1.06 bits per heavy atom. The van der Waals surface area contributed by atoms with Gasteiger partial charge in [-0.1, -0.05) is 29.8 Å². The number of halogens is 1. The molecular formula is C23H23FN6O. The Hall–Kier alpha value is -3.81. The lowest BCUT2D eigenvalue weighted by Gasteiger charge is -2.11. The number of fused-ring (bicyclic) bond motifs is 1. The van der Waals surface area contributed by atoms with E-state index in [1.54, 1.807) is 18.3 Å². The van der Waals surface area contributed by atoms with E-state index in [-0.39, 0.29) is 5.56 Å². The van der Waals surface area contributed by atoms with Crippen LogP contribution in [0.1, 0.15) is 27.3 Å². The van der Waals surface area contributed by atoms with Crippen LogP contribution >= 0.6 is 0 Å². The molecule has 4 aromatic rings. The molecule has 0 unspecified atom stereocenters. The van der Waals surface area contributed by atoms with E-state index >= 15 is 0 Å². The number of anilines is 1. The van der Waals surface area contributed by atoms with Crippen LogP contribution in [0.5, 0.6) is 0 Å². The minimum atomic E-state index is -0.542. The van der Waals surface area contributed by atoms with Gasteiger partial charge in [0.2, 0.25) is 0 Å². The molecule has 0 spiro atoms. The number of nitrogens with zero attached hydrogens (tertiary/aromatic N) is 4. The molecule has 0 aliphatic carbocycles. The fourth-order valence-corrected chi connectivity index (χ4v) is 3.47. The van der Waals surface area contributed by atoms with E-state index in [0.29, 0.717) is 30.4 Å². The van der Waals surface area contributed by atoms with Gasteiger partial charge in [0.05, 0.1) is 22.8 Å². The molecule has 2 heterocycles. The largest absolute Gasteiger partial charge is 0.368 e. The normalized spacial score (nSPS) is 11.0. The second-order valence-corrected chi connectivity index (χ2v) is 7.37. The summed E-state index contributed by atoms with van der Waals surface area (Å²) in [6, 6.07) is 12.1. The highest BCUT2D eigenvalue weighted by Gasteiger charge is 2.14. The maximum Gasteiger partial charge on any atom is 0.254 e. The van der Waals surface area contributed by atoms with Crippen LogP contribution < -0.4 is 10.6 Å². The molecule has 0 fully saturated rings. The molecule has 31 heavy (non-hydrogen) atoms. The van der Waals surface area contributed by atoms with Gasteiger partial charge in [-0.05, 0) is 44.5 Å². The third-order valence-electron chi connectivity index (χ3n) is 4.94. The SMILES string of the molecule is Cc1ccc(-n2ncc3c(NCCNC(=O)c4ccccc4F)nc(C)nc32)c(C)c1. The number of aromatic nitrogens is 4. The van der Waals surface area contributed by atoms with Crippen molar-refractivity contribution in [3.05, 3.63) is 77.0 Å². The van der Waals surface area contributed by atoms with E-state index in [2.05, 4.69) is 38.7 Å². The molecule has 2 aromatic heterocycles. The van der Waals surface area contributed by atoms with Gasteiger partial charge in [-0.3, -0.25) is 4.79 Å². The van der Waals surface area contributed by atoms with Crippen LogP contribution in [-0.2, 0) is 0 Å². The maximum absolute atomic E-state index is 13.7. The van der Waals surface area contributed by atoms with Crippen molar-refractivity contribution in [3.8, 4) is 5.69 Å². The Morgan fingerprint density at radius 2 is 1.87 bits per heavy atom. The van der Waals surface area contributed by atoms with Crippen molar-refractivity contribution in [3.63, 3.8) is 0 Å². The quantitative estimate of drug-likeness (QED) is 0.466. The molecule has 158 valence electrons. The van der Waals surface area contributed by atoms with Crippen molar-refractivity contribution < 1.29 is 9.18 Å². The summed E-state index contributed by atoms with van der Waals surface area (Å²) in [5, 5.41) is 11.2. The maximum atomic E-state index is 13.7. The fraction of sp³-hybridized carbons (Fsp3) is 0.217. The van der Waals surface area contributed by atoms with Crippen LogP contribution in [0.4, 0.5) is 10.2 Å². The second-order valence-electron chi connectivity index (χ2n) is 7.37. The lowest BCUT2D eigenvalue weighted by atomic mass is 10.1. The molecule has 0 aliphatic heterocycles. The van der Waals surface area contributed by atoms with E-state index in [9.17, 15) is 9.18 Å². The zero-order chi connectivity index (χ0) is 22.0. The summed E-state index contributed by atoms with van der Waals surface area (Å²) >= 11 is 0. The average Bonchev–Trinajstić information content (AvgIpc) is 3.15. The van der Waals surface area contributed by atoms with Crippen LogP contribution in [0.2, 0.25) is 0 Å². The molecule has 0 saturated carbocycles. The molecule has 4 rings (SSSR count). The topological polar surface area (TPSA) is 84.7 Å². The van der Waals surface area contributed by atoms with Gasteiger partial charge in [-0.2, -0.15) is 5.10 Å². The summed E-state index contributed by atoms with van der Waals surface area (Å²) in [7, 11) is 0. The van der Waals surface area contributed by atoms with Crippen LogP contribution in [0.15, 0.2) is 48.7 Å². The predicted molar refractivity (Wildman–Crippen MR) is 118 cm³/mol. The highest BCUT2D eigenvalue weighted by molar-refractivity contribution is 5.94. The Kier molecular flexibility index (Phi) is 5.62. The Labute approximate surface area is 179 Å². The Bertz CT molecular complexity index is 1270. The number of benzene rings is 2. The molecule has 1 amide bonds. The molecule has 7 nitrogen and oxygen atoms in total. The molecule has 0 aliphatic rings. The van der Waals surface area contributed by atoms with Crippen molar-refractivity contribution in [1.29, 1.82) is 0 Å².